The third-order valence-corrected chi connectivity index (χ3v) is 5.09. The van der Waals surface area contributed by atoms with Crippen molar-refractivity contribution in [3.63, 3.8) is 0 Å². The summed E-state index contributed by atoms with van der Waals surface area (Å²) in [6, 6.07) is 2.50. The number of amides is 2. The zero-order valence-corrected chi connectivity index (χ0v) is 14.2. The fraction of sp³-hybridized carbons (Fsp3) is 0.647. The number of carbonyl (C=O) groups excluding carboxylic acids is 1. The lowest BCUT2D eigenvalue weighted by Gasteiger charge is -2.54. The van der Waals surface area contributed by atoms with Crippen LogP contribution in [-0.2, 0) is 0 Å². The van der Waals surface area contributed by atoms with Crippen LogP contribution in [-0.4, -0.2) is 41.5 Å². The van der Waals surface area contributed by atoms with Gasteiger partial charge in [-0.25, -0.2) is 9.78 Å². The molecule has 1 heterocycles. The van der Waals surface area contributed by atoms with E-state index in [0.29, 0.717) is 11.0 Å². The molecular formula is C17H22F3N3O3. The van der Waals surface area contributed by atoms with Crippen molar-refractivity contribution in [3.05, 3.63) is 23.9 Å². The number of aliphatic hydroxyl groups is 1. The lowest BCUT2D eigenvalue weighted by Crippen LogP contribution is -2.55. The highest BCUT2D eigenvalue weighted by Gasteiger charge is 2.48. The van der Waals surface area contributed by atoms with E-state index < -0.39 is 18.9 Å². The van der Waals surface area contributed by atoms with Crippen LogP contribution in [0, 0.1) is 5.41 Å². The molecule has 1 aromatic rings. The minimum absolute atomic E-state index is 0.0631. The number of ether oxygens (including phenoxy) is 1. The predicted octanol–water partition coefficient (Wildman–Crippen LogP) is 2.69. The second-order valence-electron chi connectivity index (χ2n) is 7.16. The van der Waals surface area contributed by atoms with Crippen LogP contribution in [0.25, 0.3) is 0 Å². The quantitative estimate of drug-likeness (QED) is 0.716. The number of aliphatic hydroxyl groups excluding tert-OH is 1. The maximum atomic E-state index is 12.2. The molecule has 1 spiro atoms. The van der Waals surface area contributed by atoms with Crippen LogP contribution in [0.5, 0.6) is 5.88 Å². The summed E-state index contributed by atoms with van der Waals surface area (Å²) in [7, 11) is 0. The van der Waals surface area contributed by atoms with Gasteiger partial charge in [-0.05, 0) is 42.7 Å². The molecule has 9 heteroatoms. The maximum absolute atomic E-state index is 12.2. The minimum atomic E-state index is -4.46. The van der Waals surface area contributed by atoms with E-state index in [2.05, 4.69) is 20.4 Å². The molecule has 0 aromatic carbocycles. The molecule has 0 radical (unpaired) electrons. The van der Waals surface area contributed by atoms with Crippen molar-refractivity contribution in [1.82, 2.24) is 15.6 Å². The summed E-state index contributed by atoms with van der Waals surface area (Å²) in [5.41, 5.74) is 0.774. The first-order valence-corrected chi connectivity index (χ1v) is 8.63. The van der Waals surface area contributed by atoms with Crippen molar-refractivity contribution in [2.24, 2.45) is 5.41 Å². The number of hydrogen-bond acceptors (Lipinski definition) is 4. The van der Waals surface area contributed by atoms with E-state index in [0.717, 1.165) is 12.8 Å². The molecule has 2 saturated carbocycles. The van der Waals surface area contributed by atoms with E-state index in [-0.39, 0.29) is 24.5 Å². The average molecular weight is 373 g/mol. The Labute approximate surface area is 149 Å². The molecule has 2 aliphatic rings. The van der Waals surface area contributed by atoms with Crippen molar-refractivity contribution in [2.75, 3.05) is 13.2 Å². The minimum Gasteiger partial charge on any atom is -0.468 e. The number of hydrogen-bond donors (Lipinski definition) is 3. The van der Waals surface area contributed by atoms with E-state index in [9.17, 15) is 23.1 Å². The number of carbonyl (C=O) groups is 1. The number of urea groups is 1. The molecule has 26 heavy (non-hydrogen) atoms. The standard InChI is InChI=1S/C17H22F3N3O3/c18-17(19,20)10-26-14-6-11(2-5-21-14)13(24)9-22-15(25)23-12-7-16(8-12)3-1-4-16/h2,5-6,12-13,24H,1,3-4,7-10H2,(H2,22,23,25)/t13-/m1/s1. The molecular weight excluding hydrogens is 351 g/mol. The van der Waals surface area contributed by atoms with Crippen LogP contribution >= 0.6 is 0 Å². The van der Waals surface area contributed by atoms with Crippen molar-refractivity contribution in [3.8, 4) is 5.88 Å². The number of aromatic nitrogens is 1. The van der Waals surface area contributed by atoms with Gasteiger partial charge in [0.2, 0.25) is 5.88 Å². The van der Waals surface area contributed by atoms with E-state index in [4.69, 9.17) is 0 Å². The molecule has 0 bridgehead atoms. The summed E-state index contributed by atoms with van der Waals surface area (Å²) in [4.78, 5) is 15.6. The van der Waals surface area contributed by atoms with Gasteiger partial charge < -0.3 is 20.5 Å². The molecule has 6 nitrogen and oxygen atoms in total. The molecule has 2 amide bonds. The van der Waals surface area contributed by atoms with Gasteiger partial charge in [0.15, 0.2) is 6.61 Å². The van der Waals surface area contributed by atoms with E-state index in [1.807, 2.05) is 0 Å². The number of pyridine rings is 1. The molecule has 1 atom stereocenters. The largest absolute Gasteiger partial charge is 0.468 e. The molecule has 1 aromatic heterocycles. The van der Waals surface area contributed by atoms with Crippen molar-refractivity contribution in [2.45, 2.75) is 50.4 Å². The third-order valence-electron chi connectivity index (χ3n) is 5.09. The van der Waals surface area contributed by atoms with Crippen molar-refractivity contribution < 1.29 is 27.8 Å². The Kier molecular flexibility index (Phi) is 5.27. The molecule has 2 fully saturated rings. The molecule has 144 valence electrons. The van der Waals surface area contributed by atoms with Crippen LogP contribution < -0.4 is 15.4 Å². The Hall–Kier alpha value is -2.03. The van der Waals surface area contributed by atoms with Crippen LogP contribution in [0.15, 0.2) is 18.3 Å². The number of nitrogens with one attached hydrogen (secondary N) is 2. The fourth-order valence-electron chi connectivity index (χ4n) is 3.58. The van der Waals surface area contributed by atoms with Crippen LogP contribution in [0.2, 0.25) is 0 Å². The van der Waals surface area contributed by atoms with Crippen molar-refractivity contribution in [1.29, 1.82) is 0 Å². The van der Waals surface area contributed by atoms with Gasteiger partial charge in [-0.2, -0.15) is 13.2 Å². The molecule has 3 N–H and O–H groups in total. The molecule has 0 unspecified atom stereocenters. The van der Waals surface area contributed by atoms with Crippen LogP contribution in [0.3, 0.4) is 0 Å². The lowest BCUT2D eigenvalue weighted by molar-refractivity contribution is -0.154. The third kappa shape index (κ3) is 4.78. The number of alkyl halides is 3. The fourth-order valence-corrected chi connectivity index (χ4v) is 3.58. The molecule has 0 aliphatic heterocycles. The summed E-state index contributed by atoms with van der Waals surface area (Å²) in [6.45, 7) is -1.52. The Bertz CT molecular complexity index is 642. The van der Waals surface area contributed by atoms with E-state index >= 15 is 0 Å². The van der Waals surface area contributed by atoms with Gasteiger partial charge in [0.05, 0.1) is 6.10 Å². The molecule has 0 saturated heterocycles. The number of rotatable bonds is 6. The smallest absolute Gasteiger partial charge is 0.422 e. The van der Waals surface area contributed by atoms with Gasteiger partial charge >= 0.3 is 12.2 Å². The normalized spacial score (nSPS) is 20.0. The first-order valence-electron chi connectivity index (χ1n) is 8.63. The number of nitrogens with zero attached hydrogens (tertiary/aromatic N) is 1. The highest BCUT2D eigenvalue weighted by molar-refractivity contribution is 5.74. The van der Waals surface area contributed by atoms with Gasteiger partial charge in [0.1, 0.15) is 0 Å². The molecule has 2 aliphatic carbocycles. The van der Waals surface area contributed by atoms with Gasteiger partial charge in [-0.3, -0.25) is 0 Å². The SMILES string of the molecule is O=C(NC[C@@H](O)c1ccnc(OCC(F)(F)F)c1)NC1CC2(CCC2)C1. The topological polar surface area (TPSA) is 83.5 Å². The Balaban J connectivity index is 1.41. The van der Waals surface area contributed by atoms with Gasteiger partial charge in [-0.1, -0.05) is 6.42 Å². The van der Waals surface area contributed by atoms with Gasteiger partial charge in [0.25, 0.3) is 0 Å². The summed E-state index contributed by atoms with van der Waals surface area (Å²) < 4.78 is 41.0. The predicted molar refractivity (Wildman–Crippen MR) is 86.6 cm³/mol. The monoisotopic (exact) mass is 373 g/mol. The van der Waals surface area contributed by atoms with Crippen molar-refractivity contribution >= 4 is 6.03 Å². The second kappa shape index (κ2) is 7.30. The van der Waals surface area contributed by atoms with Gasteiger partial charge in [0, 0.05) is 24.8 Å². The Morgan fingerprint density at radius 2 is 2.15 bits per heavy atom. The Morgan fingerprint density at radius 1 is 1.42 bits per heavy atom. The Morgan fingerprint density at radius 3 is 2.77 bits per heavy atom. The highest BCUT2D eigenvalue weighted by atomic mass is 19.4. The van der Waals surface area contributed by atoms with E-state index in [1.165, 1.54) is 37.6 Å². The second-order valence-corrected chi connectivity index (χ2v) is 7.16. The lowest BCUT2D eigenvalue weighted by atomic mass is 9.54. The first kappa shape index (κ1) is 18.8. The summed E-state index contributed by atoms with van der Waals surface area (Å²) >= 11 is 0. The first-order chi connectivity index (χ1) is 12.2. The summed E-state index contributed by atoms with van der Waals surface area (Å²) in [5.74, 6) is -0.233. The summed E-state index contributed by atoms with van der Waals surface area (Å²) in [6.07, 6.45) is 1.48. The maximum Gasteiger partial charge on any atom is 0.422 e. The van der Waals surface area contributed by atoms with Gasteiger partial charge in [-0.15, -0.1) is 0 Å². The zero-order valence-electron chi connectivity index (χ0n) is 14.2. The molecule has 3 rings (SSSR count). The number of halogens is 3. The van der Waals surface area contributed by atoms with Crippen LogP contribution in [0.4, 0.5) is 18.0 Å². The highest BCUT2D eigenvalue weighted by Crippen LogP contribution is 2.55. The average Bonchev–Trinajstić information content (AvgIpc) is 2.51. The van der Waals surface area contributed by atoms with E-state index in [1.54, 1.807) is 0 Å². The summed E-state index contributed by atoms with van der Waals surface area (Å²) in [5, 5.41) is 15.6. The van der Waals surface area contributed by atoms with Crippen LogP contribution in [0.1, 0.15) is 43.8 Å². The zero-order chi connectivity index (χ0) is 18.8.